The van der Waals surface area contributed by atoms with Crippen LogP contribution in [0.2, 0.25) is 0 Å². The van der Waals surface area contributed by atoms with Gasteiger partial charge in [0.05, 0.1) is 0 Å². The van der Waals surface area contributed by atoms with Crippen LogP contribution in [0, 0.1) is 5.92 Å². The van der Waals surface area contributed by atoms with Crippen LogP contribution in [-0.2, 0) is 4.79 Å². The van der Waals surface area contributed by atoms with Crippen molar-refractivity contribution in [2.75, 3.05) is 0 Å². The standard InChI is InChI=1S/C9H14BNO/c1-5(2)8-6(3)9(12)11(10)7(8)4/h5,7H,1-4H3. The van der Waals surface area contributed by atoms with Gasteiger partial charge < -0.3 is 4.81 Å². The van der Waals surface area contributed by atoms with Crippen molar-refractivity contribution in [2.24, 2.45) is 5.92 Å². The Kier molecular flexibility index (Phi) is 2.31. The molecule has 64 valence electrons. The molecule has 2 nitrogen and oxygen atoms in total. The summed E-state index contributed by atoms with van der Waals surface area (Å²) in [6.45, 7) is 7.98. The predicted molar refractivity (Wildman–Crippen MR) is 49.6 cm³/mol. The van der Waals surface area contributed by atoms with Gasteiger partial charge in [-0.1, -0.05) is 13.8 Å². The third-order valence-corrected chi connectivity index (χ3v) is 2.48. The third kappa shape index (κ3) is 1.17. The van der Waals surface area contributed by atoms with Gasteiger partial charge in [-0.05, 0) is 25.3 Å². The maximum atomic E-state index is 11.4. The molecule has 0 spiro atoms. The van der Waals surface area contributed by atoms with E-state index >= 15 is 0 Å². The Morgan fingerprint density at radius 1 is 1.50 bits per heavy atom. The molecule has 0 saturated carbocycles. The second-order valence-corrected chi connectivity index (χ2v) is 3.62. The number of carbonyl (C=O) groups is 1. The summed E-state index contributed by atoms with van der Waals surface area (Å²) in [5.74, 6) is 0.365. The number of hydrogen-bond acceptors (Lipinski definition) is 1. The number of nitrogens with zero attached hydrogens (tertiary/aromatic N) is 1. The van der Waals surface area contributed by atoms with Crippen molar-refractivity contribution in [3.63, 3.8) is 0 Å². The molecule has 1 rings (SSSR count). The zero-order valence-electron chi connectivity index (χ0n) is 8.09. The first kappa shape index (κ1) is 9.36. The monoisotopic (exact) mass is 163 g/mol. The molecule has 0 bridgehead atoms. The van der Waals surface area contributed by atoms with E-state index in [2.05, 4.69) is 13.8 Å². The average molecular weight is 163 g/mol. The van der Waals surface area contributed by atoms with E-state index in [9.17, 15) is 4.79 Å². The minimum absolute atomic E-state index is 0.0359. The second kappa shape index (κ2) is 2.96. The molecule has 0 aromatic rings. The highest BCUT2D eigenvalue weighted by atomic mass is 16.2. The predicted octanol–water partition coefficient (Wildman–Crippen LogP) is 1.27. The highest BCUT2D eigenvalue weighted by Gasteiger charge is 2.31. The topological polar surface area (TPSA) is 20.3 Å². The Balaban J connectivity index is 3.04. The molecule has 1 aliphatic rings. The van der Waals surface area contributed by atoms with E-state index in [4.69, 9.17) is 7.98 Å². The summed E-state index contributed by atoms with van der Waals surface area (Å²) in [5, 5.41) is 0. The van der Waals surface area contributed by atoms with E-state index in [0.717, 1.165) is 5.57 Å². The zero-order valence-corrected chi connectivity index (χ0v) is 8.09. The van der Waals surface area contributed by atoms with Crippen molar-refractivity contribution in [3.8, 4) is 0 Å². The van der Waals surface area contributed by atoms with Crippen LogP contribution in [0.1, 0.15) is 27.7 Å². The largest absolute Gasteiger partial charge is 0.387 e. The number of hydrogen-bond donors (Lipinski definition) is 0. The lowest BCUT2D eigenvalue weighted by molar-refractivity contribution is -0.122. The van der Waals surface area contributed by atoms with Crippen LogP contribution in [0.25, 0.3) is 0 Å². The molecule has 3 heteroatoms. The van der Waals surface area contributed by atoms with Crippen molar-refractivity contribution in [2.45, 2.75) is 33.7 Å². The highest BCUT2D eigenvalue weighted by molar-refractivity contribution is 6.20. The summed E-state index contributed by atoms with van der Waals surface area (Å²) in [5.41, 5.74) is 1.99. The van der Waals surface area contributed by atoms with E-state index in [0.29, 0.717) is 5.92 Å². The third-order valence-electron chi connectivity index (χ3n) is 2.48. The first-order valence-electron chi connectivity index (χ1n) is 4.25. The number of carbonyl (C=O) groups excluding carboxylic acids is 1. The van der Waals surface area contributed by atoms with E-state index in [1.165, 1.54) is 10.4 Å². The minimum atomic E-state index is -0.0359. The van der Waals surface area contributed by atoms with Gasteiger partial charge in [0.25, 0.3) is 0 Å². The van der Waals surface area contributed by atoms with Crippen LogP contribution in [0.3, 0.4) is 0 Å². The molecule has 0 aromatic heterocycles. The molecule has 1 amide bonds. The summed E-state index contributed by atoms with van der Waals surface area (Å²) in [6.07, 6.45) is 0. The van der Waals surface area contributed by atoms with Crippen molar-refractivity contribution >= 4 is 13.9 Å². The summed E-state index contributed by atoms with van der Waals surface area (Å²) >= 11 is 0. The summed E-state index contributed by atoms with van der Waals surface area (Å²) in [7, 11) is 5.58. The summed E-state index contributed by atoms with van der Waals surface area (Å²) in [6, 6.07) is 0.0671. The Morgan fingerprint density at radius 3 is 2.17 bits per heavy atom. The van der Waals surface area contributed by atoms with Crippen LogP contribution in [-0.4, -0.2) is 24.7 Å². The number of rotatable bonds is 1. The Morgan fingerprint density at radius 2 is 2.00 bits per heavy atom. The van der Waals surface area contributed by atoms with Gasteiger partial charge in [-0.2, -0.15) is 0 Å². The zero-order chi connectivity index (χ0) is 9.46. The molecule has 0 N–H and O–H groups in total. The van der Waals surface area contributed by atoms with Crippen LogP contribution in [0.4, 0.5) is 0 Å². The van der Waals surface area contributed by atoms with Gasteiger partial charge in [0.2, 0.25) is 13.9 Å². The molecule has 0 saturated heterocycles. The summed E-state index contributed by atoms with van der Waals surface area (Å²) in [4.78, 5) is 12.7. The lowest BCUT2D eigenvalue weighted by Gasteiger charge is -2.21. The van der Waals surface area contributed by atoms with Gasteiger partial charge >= 0.3 is 0 Å². The van der Waals surface area contributed by atoms with Gasteiger partial charge in [0.15, 0.2) is 0 Å². The van der Waals surface area contributed by atoms with Crippen LogP contribution in [0.5, 0.6) is 0 Å². The number of amides is 1. The fourth-order valence-corrected chi connectivity index (χ4v) is 1.87. The first-order chi connectivity index (χ1) is 5.46. The molecular weight excluding hydrogens is 149 g/mol. The lowest BCUT2D eigenvalue weighted by Crippen LogP contribution is -2.31. The van der Waals surface area contributed by atoms with E-state index in [-0.39, 0.29) is 11.9 Å². The van der Waals surface area contributed by atoms with E-state index in [1.807, 2.05) is 13.8 Å². The van der Waals surface area contributed by atoms with Gasteiger partial charge in [-0.3, -0.25) is 4.79 Å². The normalized spacial score (nSPS) is 24.6. The maximum Gasteiger partial charge on any atom is 0.237 e. The fourth-order valence-electron chi connectivity index (χ4n) is 1.87. The SMILES string of the molecule is [B]N1C(=O)C(C)=C(C(C)C)C1C. The average Bonchev–Trinajstić information content (AvgIpc) is 2.16. The van der Waals surface area contributed by atoms with Crippen molar-refractivity contribution in [1.82, 2.24) is 4.81 Å². The lowest BCUT2D eigenvalue weighted by atomic mass is 9.95. The second-order valence-electron chi connectivity index (χ2n) is 3.62. The van der Waals surface area contributed by atoms with Crippen LogP contribution in [0.15, 0.2) is 11.1 Å². The van der Waals surface area contributed by atoms with Gasteiger partial charge in [0, 0.05) is 11.6 Å². The highest BCUT2D eigenvalue weighted by Crippen LogP contribution is 2.29. The van der Waals surface area contributed by atoms with Gasteiger partial charge in [-0.25, -0.2) is 0 Å². The first-order valence-corrected chi connectivity index (χ1v) is 4.25. The molecule has 0 aromatic carbocycles. The molecule has 1 aliphatic heterocycles. The minimum Gasteiger partial charge on any atom is -0.387 e. The summed E-state index contributed by atoms with van der Waals surface area (Å²) < 4.78 is 0. The Hall–Kier alpha value is -0.725. The van der Waals surface area contributed by atoms with Crippen molar-refractivity contribution < 1.29 is 4.79 Å². The molecule has 2 radical (unpaired) electrons. The van der Waals surface area contributed by atoms with Gasteiger partial charge in [0.1, 0.15) is 0 Å². The van der Waals surface area contributed by atoms with Crippen LogP contribution < -0.4 is 0 Å². The molecule has 12 heavy (non-hydrogen) atoms. The van der Waals surface area contributed by atoms with E-state index in [1.54, 1.807) is 0 Å². The molecule has 0 aliphatic carbocycles. The molecule has 0 fully saturated rings. The Labute approximate surface area is 75.1 Å². The molecule has 1 unspecified atom stereocenters. The smallest absolute Gasteiger partial charge is 0.237 e. The molecule has 1 heterocycles. The van der Waals surface area contributed by atoms with Crippen molar-refractivity contribution in [3.05, 3.63) is 11.1 Å². The van der Waals surface area contributed by atoms with Crippen molar-refractivity contribution in [1.29, 1.82) is 0 Å². The maximum absolute atomic E-state index is 11.4. The Bertz CT molecular complexity index is 245. The van der Waals surface area contributed by atoms with Gasteiger partial charge in [-0.15, -0.1) is 0 Å². The van der Waals surface area contributed by atoms with Crippen LogP contribution >= 0.6 is 0 Å². The molecule has 1 atom stereocenters. The van der Waals surface area contributed by atoms with E-state index < -0.39 is 0 Å². The fraction of sp³-hybridized carbons (Fsp3) is 0.667. The quantitative estimate of drug-likeness (QED) is 0.533. The molecular formula is C9H14BNO.